The quantitative estimate of drug-likeness (QED) is 0.600. The molecule has 0 saturated carbocycles. The Kier molecular flexibility index (Phi) is 6.05. The topological polar surface area (TPSA) is 79.5 Å². The number of oxazole rings is 1. The predicted octanol–water partition coefficient (Wildman–Crippen LogP) is 3.87. The number of fused-ring (bicyclic) bond motifs is 1. The fourth-order valence-electron chi connectivity index (χ4n) is 4.45. The zero-order chi connectivity index (χ0) is 21.9. The number of hydrogen-bond acceptors (Lipinski definition) is 8. The molecule has 0 aliphatic carbocycles. The normalized spacial score (nSPS) is 18.5. The van der Waals surface area contributed by atoms with E-state index in [2.05, 4.69) is 34.1 Å². The summed E-state index contributed by atoms with van der Waals surface area (Å²) in [5, 5.41) is 3.41. The van der Waals surface area contributed by atoms with Crippen molar-refractivity contribution in [1.82, 2.24) is 19.9 Å². The van der Waals surface area contributed by atoms with Crippen LogP contribution in [-0.2, 0) is 17.7 Å². The first-order chi connectivity index (χ1) is 15.7. The molecule has 3 aromatic rings. The molecular formula is C24H30N6O2. The molecule has 1 saturated heterocycles. The van der Waals surface area contributed by atoms with Crippen molar-refractivity contribution in [1.29, 1.82) is 0 Å². The monoisotopic (exact) mass is 434 g/mol. The van der Waals surface area contributed by atoms with Crippen LogP contribution in [0.4, 0.5) is 17.5 Å². The minimum atomic E-state index is 0.280. The smallest absolute Gasteiger partial charge is 0.229 e. The highest BCUT2D eigenvalue weighted by atomic mass is 16.5. The Morgan fingerprint density at radius 1 is 1.22 bits per heavy atom. The van der Waals surface area contributed by atoms with Gasteiger partial charge in [0, 0.05) is 56.0 Å². The number of anilines is 3. The van der Waals surface area contributed by atoms with Crippen molar-refractivity contribution < 1.29 is 9.15 Å². The van der Waals surface area contributed by atoms with E-state index in [1.165, 1.54) is 12.0 Å². The van der Waals surface area contributed by atoms with E-state index < -0.39 is 0 Å². The van der Waals surface area contributed by atoms with Crippen LogP contribution in [0.1, 0.15) is 31.0 Å². The van der Waals surface area contributed by atoms with Crippen LogP contribution in [0, 0.1) is 0 Å². The Morgan fingerprint density at radius 3 is 2.81 bits per heavy atom. The molecule has 5 rings (SSSR count). The van der Waals surface area contributed by atoms with E-state index in [1.807, 2.05) is 24.3 Å². The summed E-state index contributed by atoms with van der Waals surface area (Å²) >= 11 is 0. The molecule has 2 aliphatic rings. The van der Waals surface area contributed by atoms with E-state index in [4.69, 9.17) is 19.1 Å². The van der Waals surface area contributed by atoms with Gasteiger partial charge in [-0.2, -0.15) is 4.98 Å². The molecule has 8 heteroatoms. The van der Waals surface area contributed by atoms with Crippen molar-refractivity contribution in [3.63, 3.8) is 0 Å². The maximum Gasteiger partial charge on any atom is 0.229 e. The summed E-state index contributed by atoms with van der Waals surface area (Å²) in [6.07, 6.45) is 6.62. The predicted molar refractivity (Wildman–Crippen MR) is 124 cm³/mol. The van der Waals surface area contributed by atoms with Gasteiger partial charge in [0.05, 0.1) is 18.0 Å². The SMILES string of the molecule is CCN(CC1CCCO1)c1nc(Nc2ccc(-c3cnco3)cc2)nc2c1CN(C)CC2. The zero-order valence-electron chi connectivity index (χ0n) is 18.8. The Balaban J connectivity index is 1.43. The first-order valence-corrected chi connectivity index (χ1v) is 11.4. The summed E-state index contributed by atoms with van der Waals surface area (Å²) in [6.45, 7) is 6.69. The summed E-state index contributed by atoms with van der Waals surface area (Å²) in [5.74, 6) is 2.42. The van der Waals surface area contributed by atoms with Gasteiger partial charge >= 0.3 is 0 Å². The lowest BCUT2D eigenvalue weighted by Crippen LogP contribution is -2.36. The van der Waals surface area contributed by atoms with Crippen LogP contribution in [0.2, 0.25) is 0 Å². The third kappa shape index (κ3) is 4.47. The Hall–Kier alpha value is -2.97. The third-order valence-corrected chi connectivity index (χ3v) is 6.22. The molecule has 32 heavy (non-hydrogen) atoms. The van der Waals surface area contributed by atoms with Gasteiger partial charge in [-0.3, -0.25) is 0 Å². The molecule has 0 spiro atoms. The van der Waals surface area contributed by atoms with Gasteiger partial charge in [-0.15, -0.1) is 0 Å². The average molecular weight is 435 g/mol. The molecule has 168 valence electrons. The second-order valence-electron chi connectivity index (χ2n) is 8.53. The Morgan fingerprint density at radius 2 is 2.09 bits per heavy atom. The van der Waals surface area contributed by atoms with Gasteiger partial charge in [0.1, 0.15) is 5.82 Å². The van der Waals surface area contributed by atoms with E-state index in [0.29, 0.717) is 5.95 Å². The summed E-state index contributed by atoms with van der Waals surface area (Å²) < 4.78 is 11.3. The van der Waals surface area contributed by atoms with Crippen molar-refractivity contribution >= 4 is 17.5 Å². The van der Waals surface area contributed by atoms with Gasteiger partial charge in [0.25, 0.3) is 0 Å². The second-order valence-corrected chi connectivity index (χ2v) is 8.53. The minimum absolute atomic E-state index is 0.280. The number of likely N-dealkylation sites (N-methyl/N-ethyl adjacent to an activating group) is 2. The molecule has 2 aromatic heterocycles. The van der Waals surface area contributed by atoms with Crippen molar-refractivity contribution in [2.45, 2.75) is 38.8 Å². The molecule has 8 nitrogen and oxygen atoms in total. The summed E-state index contributed by atoms with van der Waals surface area (Å²) in [6, 6.07) is 8.04. The van der Waals surface area contributed by atoms with Crippen LogP contribution in [0.5, 0.6) is 0 Å². The van der Waals surface area contributed by atoms with Gasteiger partial charge in [0.2, 0.25) is 5.95 Å². The minimum Gasteiger partial charge on any atom is -0.444 e. The maximum absolute atomic E-state index is 5.92. The first kappa shape index (κ1) is 20.9. The van der Waals surface area contributed by atoms with E-state index in [1.54, 1.807) is 6.20 Å². The summed E-state index contributed by atoms with van der Waals surface area (Å²) in [4.78, 5) is 18.6. The number of nitrogens with one attached hydrogen (secondary N) is 1. The van der Waals surface area contributed by atoms with Crippen molar-refractivity contribution in [3.05, 3.63) is 48.1 Å². The third-order valence-electron chi connectivity index (χ3n) is 6.22. The van der Waals surface area contributed by atoms with Crippen LogP contribution in [0.15, 0.2) is 41.3 Å². The van der Waals surface area contributed by atoms with E-state index in [0.717, 1.165) is 80.6 Å². The highest BCUT2D eigenvalue weighted by Gasteiger charge is 2.26. The molecule has 1 N–H and O–H groups in total. The summed E-state index contributed by atoms with van der Waals surface area (Å²) in [5.41, 5.74) is 4.30. The number of rotatable bonds is 7. The molecule has 1 unspecified atom stereocenters. The highest BCUT2D eigenvalue weighted by molar-refractivity contribution is 5.64. The van der Waals surface area contributed by atoms with Crippen molar-refractivity contribution in [2.75, 3.05) is 43.5 Å². The number of benzene rings is 1. The standard InChI is InChI=1S/C24H30N6O2/c1-3-30(14-19-5-4-12-31-19)23-20-15-29(2)11-10-21(20)27-24(28-23)26-18-8-6-17(7-9-18)22-13-25-16-32-22/h6-9,13,16,19H,3-5,10-12,14-15H2,1-2H3,(H,26,27,28). The van der Waals surface area contributed by atoms with Crippen LogP contribution >= 0.6 is 0 Å². The molecular weight excluding hydrogens is 404 g/mol. The van der Waals surface area contributed by atoms with Crippen LogP contribution in [-0.4, -0.2) is 59.2 Å². The zero-order valence-corrected chi connectivity index (χ0v) is 18.8. The van der Waals surface area contributed by atoms with E-state index in [-0.39, 0.29) is 6.10 Å². The molecule has 1 atom stereocenters. The van der Waals surface area contributed by atoms with Crippen molar-refractivity contribution in [2.24, 2.45) is 0 Å². The number of ether oxygens (including phenoxy) is 1. The lowest BCUT2D eigenvalue weighted by atomic mass is 10.1. The average Bonchev–Trinajstić information content (AvgIpc) is 3.52. The molecule has 1 fully saturated rings. The molecule has 0 radical (unpaired) electrons. The summed E-state index contributed by atoms with van der Waals surface area (Å²) in [7, 11) is 2.16. The lowest BCUT2D eigenvalue weighted by Gasteiger charge is -2.32. The van der Waals surface area contributed by atoms with Gasteiger partial charge in [-0.05, 0) is 51.1 Å². The second kappa shape index (κ2) is 9.26. The molecule has 2 aliphatic heterocycles. The number of nitrogens with zero attached hydrogens (tertiary/aromatic N) is 5. The van der Waals surface area contributed by atoms with Gasteiger partial charge in [0.15, 0.2) is 12.2 Å². The molecule has 4 heterocycles. The van der Waals surface area contributed by atoms with Gasteiger partial charge in [-0.1, -0.05) is 0 Å². The van der Waals surface area contributed by atoms with Gasteiger partial charge < -0.3 is 24.3 Å². The van der Waals surface area contributed by atoms with Gasteiger partial charge in [-0.25, -0.2) is 9.97 Å². The Bertz CT molecular complexity index is 1030. The first-order valence-electron chi connectivity index (χ1n) is 11.4. The van der Waals surface area contributed by atoms with Crippen LogP contribution in [0.3, 0.4) is 0 Å². The molecule has 0 bridgehead atoms. The van der Waals surface area contributed by atoms with Crippen LogP contribution < -0.4 is 10.2 Å². The highest BCUT2D eigenvalue weighted by Crippen LogP contribution is 2.30. The maximum atomic E-state index is 5.92. The fraction of sp³-hybridized carbons (Fsp3) is 0.458. The molecule has 1 aromatic carbocycles. The van der Waals surface area contributed by atoms with Crippen LogP contribution in [0.25, 0.3) is 11.3 Å². The number of hydrogen-bond donors (Lipinski definition) is 1. The fourth-order valence-corrected chi connectivity index (χ4v) is 4.45. The van der Waals surface area contributed by atoms with E-state index >= 15 is 0 Å². The lowest BCUT2D eigenvalue weighted by molar-refractivity contribution is 0.115. The molecule has 0 amide bonds. The number of aromatic nitrogens is 3. The largest absolute Gasteiger partial charge is 0.444 e. The van der Waals surface area contributed by atoms with E-state index in [9.17, 15) is 0 Å². The Labute approximate surface area is 188 Å². The van der Waals surface area contributed by atoms with Crippen molar-refractivity contribution in [3.8, 4) is 11.3 Å².